The van der Waals surface area contributed by atoms with Crippen LogP contribution >= 0.6 is 0 Å². The molecule has 0 saturated carbocycles. The van der Waals surface area contributed by atoms with Gasteiger partial charge in [0, 0.05) is 12.1 Å². The summed E-state index contributed by atoms with van der Waals surface area (Å²) in [5.74, 6) is -0.374. The van der Waals surface area contributed by atoms with Crippen LogP contribution in [0.4, 0.5) is 0 Å². The molecule has 0 aliphatic carbocycles. The van der Waals surface area contributed by atoms with Gasteiger partial charge in [-0.2, -0.15) is 0 Å². The van der Waals surface area contributed by atoms with E-state index in [2.05, 4.69) is 36.5 Å². The molecule has 2 rings (SSSR count). The molecule has 0 aliphatic heterocycles. The third-order valence-corrected chi connectivity index (χ3v) is 3.27. The fraction of sp³-hybridized carbons (Fsp3) is 0.235. The number of amides is 1. The van der Waals surface area contributed by atoms with Gasteiger partial charge < -0.3 is 11.1 Å². The van der Waals surface area contributed by atoms with Gasteiger partial charge in [0.15, 0.2) is 0 Å². The van der Waals surface area contributed by atoms with E-state index in [1.807, 2.05) is 18.2 Å². The van der Waals surface area contributed by atoms with Gasteiger partial charge in [-0.3, -0.25) is 4.79 Å². The molecule has 20 heavy (non-hydrogen) atoms. The van der Waals surface area contributed by atoms with Crippen LogP contribution in [0.2, 0.25) is 0 Å². The minimum Gasteiger partial charge on any atom is -0.366 e. The molecule has 0 bridgehead atoms. The number of rotatable bonds is 6. The Balaban J connectivity index is 1.86. The Morgan fingerprint density at radius 1 is 1.15 bits per heavy atom. The smallest absolute Gasteiger partial charge is 0.249 e. The average Bonchev–Trinajstić information content (AvgIpc) is 2.44. The first-order valence-corrected chi connectivity index (χ1v) is 6.81. The summed E-state index contributed by atoms with van der Waals surface area (Å²) in [6.07, 6.45) is 0.973. The number of benzene rings is 2. The van der Waals surface area contributed by atoms with Crippen LogP contribution in [-0.4, -0.2) is 12.5 Å². The van der Waals surface area contributed by atoms with Gasteiger partial charge in [-0.15, -0.1) is 0 Å². The first-order chi connectivity index (χ1) is 9.66. The number of carbonyl (C=O) groups excluding carboxylic acids is 1. The fourth-order valence-corrected chi connectivity index (χ4v) is 2.24. The second-order valence-electron chi connectivity index (χ2n) is 4.94. The van der Waals surface area contributed by atoms with Crippen LogP contribution in [0.15, 0.2) is 48.5 Å². The predicted molar refractivity (Wildman–Crippen MR) is 81.5 cm³/mol. The third-order valence-electron chi connectivity index (χ3n) is 3.27. The number of primary amides is 1. The zero-order chi connectivity index (χ0) is 14.4. The van der Waals surface area contributed by atoms with Crippen LogP contribution in [0.25, 0.3) is 0 Å². The topological polar surface area (TPSA) is 55.1 Å². The highest BCUT2D eigenvalue weighted by atomic mass is 16.1. The molecular formula is C17H20N2O. The molecular weight excluding hydrogens is 248 g/mol. The van der Waals surface area contributed by atoms with E-state index in [1.165, 1.54) is 11.1 Å². The highest BCUT2D eigenvalue weighted by Gasteiger charge is 2.06. The minimum absolute atomic E-state index is 0.374. The van der Waals surface area contributed by atoms with Crippen molar-refractivity contribution in [2.24, 2.45) is 5.73 Å². The lowest BCUT2D eigenvalue weighted by Crippen LogP contribution is -2.20. The van der Waals surface area contributed by atoms with Crippen LogP contribution in [0.1, 0.15) is 27.0 Å². The molecule has 2 aromatic rings. The van der Waals surface area contributed by atoms with Gasteiger partial charge in [-0.25, -0.2) is 0 Å². The van der Waals surface area contributed by atoms with E-state index >= 15 is 0 Å². The van der Waals surface area contributed by atoms with Crippen molar-refractivity contribution in [1.82, 2.24) is 5.32 Å². The number of hydrogen-bond donors (Lipinski definition) is 2. The highest BCUT2D eigenvalue weighted by molar-refractivity contribution is 5.94. The van der Waals surface area contributed by atoms with Gasteiger partial charge in [0.25, 0.3) is 0 Å². The Bertz CT molecular complexity index is 593. The Morgan fingerprint density at radius 3 is 2.70 bits per heavy atom. The number of carbonyl (C=O) groups is 1. The molecule has 0 aliphatic rings. The first kappa shape index (κ1) is 14.3. The number of aryl methyl sites for hydroxylation is 1. The molecule has 0 unspecified atom stereocenters. The van der Waals surface area contributed by atoms with E-state index in [9.17, 15) is 4.79 Å². The first-order valence-electron chi connectivity index (χ1n) is 6.81. The summed E-state index contributed by atoms with van der Waals surface area (Å²) < 4.78 is 0. The number of nitrogens with two attached hydrogens (primary N) is 1. The van der Waals surface area contributed by atoms with Crippen LogP contribution in [-0.2, 0) is 13.0 Å². The van der Waals surface area contributed by atoms with Crippen molar-refractivity contribution in [1.29, 1.82) is 0 Å². The van der Waals surface area contributed by atoms with Gasteiger partial charge in [0.05, 0.1) is 0 Å². The lowest BCUT2D eigenvalue weighted by Gasteiger charge is -2.08. The summed E-state index contributed by atoms with van der Waals surface area (Å²) in [7, 11) is 0. The van der Waals surface area contributed by atoms with Crippen molar-refractivity contribution in [3.63, 3.8) is 0 Å². The molecule has 104 valence electrons. The summed E-state index contributed by atoms with van der Waals surface area (Å²) in [6, 6.07) is 15.9. The molecule has 0 fully saturated rings. The van der Waals surface area contributed by atoms with E-state index in [0.29, 0.717) is 12.1 Å². The van der Waals surface area contributed by atoms with E-state index in [1.54, 1.807) is 6.07 Å². The maximum atomic E-state index is 11.3. The number of hydrogen-bond acceptors (Lipinski definition) is 2. The molecule has 3 N–H and O–H groups in total. The molecule has 0 spiro atoms. The molecule has 0 radical (unpaired) electrons. The second kappa shape index (κ2) is 6.87. The largest absolute Gasteiger partial charge is 0.366 e. The second-order valence-corrected chi connectivity index (χ2v) is 4.94. The normalized spacial score (nSPS) is 10.4. The van der Waals surface area contributed by atoms with Gasteiger partial charge in [-0.05, 0) is 37.1 Å². The zero-order valence-electron chi connectivity index (χ0n) is 11.7. The van der Waals surface area contributed by atoms with E-state index in [0.717, 1.165) is 18.5 Å². The molecule has 1 amide bonds. The Kier molecular flexibility index (Phi) is 4.91. The highest BCUT2D eigenvalue weighted by Crippen LogP contribution is 2.08. The lowest BCUT2D eigenvalue weighted by atomic mass is 10.1. The minimum atomic E-state index is -0.374. The van der Waals surface area contributed by atoms with Gasteiger partial charge in [0.2, 0.25) is 5.91 Å². The molecule has 0 atom stereocenters. The Hall–Kier alpha value is -2.13. The molecule has 2 aromatic carbocycles. The average molecular weight is 268 g/mol. The maximum absolute atomic E-state index is 11.3. The van der Waals surface area contributed by atoms with Crippen molar-refractivity contribution < 1.29 is 4.79 Å². The summed E-state index contributed by atoms with van der Waals surface area (Å²) in [5.41, 5.74) is 9.50. The monoisotopic (exact) mass is 268 g/mol. The maximum Gasteiger partial charge on any atom is 0.249 e. The molecule has 3 nitrogen and oxygen atoms in total. The molecule has 3 heteroatoms. The predicted octanol–water partition coefficient (Wildman–Crippen LogP) is 2.43. The summed E-state index contributed by atoms with van der Waals surface area (Å²) in [6.45, 7) is 3.63. The van der Waals surface area contributed by atoms with Crippen molar-refractivity contribution in [3.8, 4) is 0 Å². The van der Waals surface area contributed by atoms with Gasteiger partial charge >= 0.3 is 0 Å². The van der Waals surface area contributed by atoms with Crippen LogP contribution in [0.3, 0.4) is 0 Å². The fourth-order valence-electron chi connectivity index (χ4n) is 2.24. The molecule has 0 heterocycles. The van der Waals surface area contributed by atoms with Crippen molar-refractivity contribution in [2.75, 3.05) is 6.54 Å². The van der Waals surface area contributed by atoms with E-state index in [-0.39, 0.29) is 5.91 Å². The van der Waals surface area contributed by atoms with Crippen molar-refractivity contribution >= 4 is 5.91 Å². The van der Waals surface area contributed by atoms with Gasteiger partial charge in [-0.1, -0.05) is 48.0 Å². The Labute approximate surface area is 119 Å². The number of nitrogens with one attached hydrogen (secondary N) is 1. The van der Waals surface area contributed by atoms with E-state index in [4.69, 9.17) is 5.73 Å². The third kappa shape index (κ3) is 3.93. The quantitative estimate of drug-likeness (QED) is 0.791. The Morgan fingerprint density at radius 2 is 1.95 bits per heavy atom. The van der Waals surface area contributed by atoms with Crippen molar-refractivity contribution in [3.05, 3.63) is 70.8 Å². The summed E-state index contributed by atoms with van der Waals surface area (Å²) >= 11 is 0. The standard InChI is InChI=1S/C17H20N2O/c1-13-5-4-6-14(11-13)9-10-19-12-15-7-2-3-8-16(15)17(18)20/h2-8,11,19H,9-10,12H2,1H3,(H2,18,20). The molecule has 0 saturated heterocycles. The SMILES string of the molecule is Cc1cccc(CCNCc2ccccc2C(N)=O)c1. The van der Waals surface area contributed by atoms with Crippen LogP contribution < -0.4 is 11.1 Å². The summed E-state index contributed by atoms with van der Waals surface area (Å²) in [5, 5.41) is 3.36. The van der Waals surface area contributed by atoms with Gasteiger partial charge in [0.1, 0.15) is 0 Å². The van der Waals surface area contributed by atoms with E-state index < -0.39 is 0 Å². The van der Waals surface area contributed by atoms with Crippen LogP contribution in [0.5, 0.6) is 0 Å². The van der Waals surface area contributed by atoms with Crippen LogP contribution in [0, 0.1) is 6.92 Å². The summed E-state index contributed by atoms with van der Waals surface area (Å²) in [4.78, 5) is 11.3. The van der Waals surface area contributed by atoms with Crippen molar-refractivity contribution in [2.45, 2.75) is 19.9 Å². The lowest BCUT2D eigenvalue weighted by molar-refractivity contribution is 0.0999. The molecule has 0 aromatic heterocycles. The zero-order valence-corrected chi connectivity index (χ0v) is 11.7.